The van der Waals surface area contributed by atoms with Gasteiger partial charge >= 0.3 is 0 Å². The molecular weight excluding hydrogens is 254 g/mol. The van der Waals surface area contributed by atoms with Crippen LogP contribution in [0.3, 0.4) is 0 Å². The van der Waals surface area contributed by atoms with E-state index in [2.05, 4.69) is 13.8 Å². The number of hydrogen-bond donors (Lipinski definition) is 1. The van der Waals surface area contributed by atoms with Gasteiger partial charge in [-0.3, -0.25) is 0 Å². The van der Waals surface area contributed by atoms with Crippen LogP contribution in [-0.2, 0) is 0 Å². The average Bonchev–Trinajstić information content (AvgIpc) is 2.19. The van der Waals surface area contributed by atoms with Gasteiger partial charge in [-0.15, -0.1) is 0 Å². The van der Waals surface area contributed by atoms with Crippen molar-refractivity contribution in [3.05, 3.63) is 28.8 Å². The summed E-state index contributed by atoms with van der Waals surface area (Å²) in [5, 5.41) is 0.608. The van der Waals surface area contributed by atoms with E-state index in [0.717, 1.165) is 6.42 Å². The Bertz CT molecular complexity index is 406. The molecule has 0 aliphatic carbocycles. The van der Waals surface area contributed by atoms with Crippen molar-refractivity contribution < 1.29 is 4.74 Å². The molecule has 1 rings (SSSR count). The summed E-state index contributed by atoms with van der Waals surface area (Å²) in [6, 6.07) is 5.33. The molecule has 1 unspecified atom stereocenters. The molecule has 94 valence electrons. The van der Waals surface area contributed by atoms with E-state index in [9.17, 15) is 0 Å². The highest BCUT2D eigenvalue weighted by molar-refractivity contribution is 7.80. The standard InChI is InChI=1S/C13H18ClNOS/c1-8(2)6-9(3)16-12-5-4-10(14)7-11(12)13(15)17/h4-5,7-9H,6H2,1-3H3,(H2,15,17). The minimum absolute atomic E-state index is 0.129. The van der Waals surface area contributed by atoms with Gasteiger partial charge in [0, 0.05) is 5.02 Å². The van der Waals surface area contributed by atoms with Crippen molar-refractivity contribution >= 4 is 28.8 Å². The lowest BCUT2D eigenvalue weighted by Gasteiger charge is -2.18. The molecule has 0 heterocycles. The SMILES string of the molecule is CC(C)CC(C)Oc1ccc(Cl)cc1C(N)=S. The van der Waals surface area contributed by atoms with Crippen molar-refractivity contribution in [3.63, 3.8) is 0 Å². The van der Waals surface area contributed by atoms with Crippen LogP contribution >= 0.6 is 23.8 Å². The normalized spacial score (nSPS) is 12.5. The smallest absolute Gasteiger partial charge is 0.129 e. The predicted molar refractivity (Wildman–Crippen MR) is 76.9 cm³/mol. The second kappa shape index (κ2) is 6.22. The summed E-state index contributed by atoms with van der Waals surface area (Å²) in [5.74, 6) is 1.29. The van der Waals surface area contributed by atoms with E-state index in [4.69, 9.17) is 34.3 Å². The monoisotopic (exact) mass is 271 g/mol. The van der Waals surface area contributed by atoms with Crippen LogP contribution in [0.1, 0.15) is 32.8 Å². The molecule has 0 aliphatic rings. The second-order valence-electron chi connectivity index (χ2n) is 4.56. The lowest BCUT2D eigenvalue weighted by Crippen LogP contribution is -2.18. The van der Waals surface area contributed by atoms with E-state index < -0.39 is 0 Å². The Morgan fingerprint density at radius 3 is 2.59 bits per heavy atom. The summed E-state index contributed by atoms with van der Waals surface area (Å²) in [6.07, 6.45) is 1.11. The molecule has 0 spiro atoms. The predicted octanol–water partition coefficient (Wildman–Crippen LogP) is 3.79. The zero-order valence-electron chi connectivity index (χ0n) is 10.4. The van der Waals surface area contributed by atoms with E-state index in [0.29, 0.717) is 27.2 Å². The van der Waals surface area contributed by atoms with Crippen molar-refractivity contribution in [2.45, 2.75) is 33.3 Å². The van der Waals surface area contributed by atoms with Gasteiger partial charge in [0.05, 0.1) is 11.7 Å². The molecule has 0 fully saturated rings. The lowest BCUT2D eigenvalue weighted by atomic mass is 10.1. The largest absolute Gasteiger partial charge is 0.490 e. The molecule has 0 aliphatic heterocycles. The quantitative estimate of drug-likeness (QED) is 0.828. The van der Waals surface area contributed by atoms with Crippen molar-refractivity contribution in [2.24, 2.45) is 11.7 Å². The Balaban J connectivity index is 2.86. The van der Waals surface area contributed by atoms with Gasteiger partial charge in [-0.25, -0.2) is 0 Å². The molecule has 0 bridgehead atoms. The highest BCUT2D eigenvalue weighted by Gasteiger charge is 2.12. The van der Waals surface area contributed by atoms with Gasteiger partial charge in [0.2, 0.25) is 0 Å². The lowest BCUT2D eigenvalue weighted by molar-refractivity contribution is 0.193. The summed E-state index contributed by atoms with van der Waals surface area (Å²) in [6.45, 7) is 6.37. The van der Waals surface area contributed by atoms with Gasteiger partial charge in [-0.1, -0.05) is 37.7 Å². The fraction of sp³-hybridized carbons (Fsp3) is 0.462. The van der Waals surface area contributed by atoms with Gasteiger partial charge < -0.3 is 10.5 Å². The van der Waals surface area contributed by atoms with Gasteiger partial charge in [0.15, 0.2) is 0 Å². The zero-order valence-corrected chi connectivity index (χ0v) is 11.9. The maximum Gasteiger partial charge on any atom is 0.129 e. The second-order valence-corrected chi connectivity index (χ2v) is 5.44. The van der Waals surface area contributed by atoms with Crippen molar-refractivity contribution in [3.8, 4) is 5.75 Å². The third-order valence-corrected chi connectivity index (χ3v) is 2.79. The van der Waals surface area contributed by atoms with E-state index in [1.807, 2.05) is 13.0 Å². The first-order chi connectivity index (χ1) is 7.90. The molecule has 17 heavy (non-hydrogen) atoms. The number of nitrogens with two attached hydrogens (primary N) is 1. The van der Waals surface area contributed by atoms with Crippen LogP contribution in [0.5, 0.6) is 5.75 Å². The summed E-state index contributed by atoms with van der Waals surface area (Å²) >= 11 is 10.9. The van der Waals surface area contributed by atoms with Crippen LogP contribution in [0, 0.1) is 5.92 Å². The number of benzene rings is 1. The van der Waals surface area contributed by atoms with Crippen molar-refractivity contribution in [2.75, 3.05) is 0 Å². The Kier molecular flexibility index (Phi) is 5.22. The molecule has 0 amide bonds. The average molecular weight is 272 g/mol. The van der Waals surface area contributed by atoms with E-state index in [-0.39, 0.29) is 6.10 Å². The molecule has 4 heteroatoms. The Hall–Kier alpha value is -0.800. The van der Waals surface area contributed by atoms with Crippen molar-refractivity contribution in [1.82, 2.24) is 0 Å². The Labute approximate surface area is 113 Å². The fourth-order valence-corrected chi connectivity index (χ4v) is 2.06. The van der Waals surface area contributed by atoms with Gasteiger partial charge in [0.1, 0.15) is 10.7 Å². The molecule has 0 aromatic heterocycles. The first-order valence-electron chi connectivity index (χ1n) is 5.66. The summed E-state index contributed by atoms with van der Waals surface area (Å²) in [4.78, 5) is 0.305. The number of rotatable bonds is 5. The molecule has 2 nitrogen and oxygen atoms in total. The first kappa shape index (κ1) is 14.3. The van der Waals surface area contributed by atoms with E-state index in [1.54, 1.807) is 12.1 Å². The molecule has 2 N–H and O–H groups in total. The maximum absolute atomic E-state index is 5.91. The number of halogens is 1. The fourth-order valence-electron chi connectivity index (χ4n) is 1.73. The minimum atomic E-state index is 0.129. The molecule has 0 saturated carbocycles. The molecule has 1 aromatic carbocycles. The Morgan fingerprint density at radius 1 is 1.41 bits per heavy atom. The first-order valence-corrected chi connectivity index (χ1v) is 6.44. The van der Waals surface area contributed by atoms with Crippen molar-refractivity contribution in [1.29, 1.82) is 0 Å². The molecule has 0 saturated heterocycles. The Morgan fingerprint density at radius 2 is 2.06 bits per heavy atom. The van der Waals surface area contributed by atoms with E-state index in [1.165, 1.54) is 0 Å². The molecule has 1 aromatic rings. The number of ether oxygens (including phenoxy) is 1. The van der Waals surface area contributed by atoms with Crippen LogP contribution in [-0.4, -0.2) is 11.1 Å². The summed E-state index contributed by atoms with van der Waals surface area (Å²) in [7, 11) is 0. The van der Waals surface area contributed by atoms with Crippen LogP contribution in [0.4, 0.5) is 0 Å². The van der Waals surface area contributed by atoms with Crippen LogP contribution in [0.15, 0.2) is 18.2 Å². The third kappa shape index (κ3) is 4.52. The van der Waals surface area contributed by atoms with Crippen LogP contribution in [0.2, 0.25) is 5.02 Å². The number of thiocarbonyl (C=S) groups is 1. The zero-order chi connectivity index (χ0) is 13.0. The third-order valence-electron chi connectivity index (χ3n) is 2.34. The molecule has 1 atom stereocenters. The number of hydrogen-bond acceptors (Lipinski definition) is 2. The van der Waals surface area contributed by atoms with E-state index >= 15 is 0 Å². The summed E-state index contributed by atoms with van der Waals surface area (Å²) < 4.78 is 5.85. The highest BCUT2D eigenvalue weighted by atomic mass is 35.5. The van der Waals surface area contributed by atoms with Gasteiger partial charge in [-0.2, -0.15) is 0 Å². The van der Waals surface area contributed by atoms with Crippen LogP contribution < -0.4 is 10.5 Å². The topological polar surface area (TPSA) is 35.2 Å². The van der Waals surface area contributed by atoms with Gasteiger partial charge in [-0.05, 0) is 37.5 Å². The maximum atomic E-state index is 5.91. The highest BCUT2D eigenvalue weighted by Crippen LogP contribution is 2.25. The molecular formula is C13H18ClNOS. The van der Waals surface area contributed by atoms with Crippen LogP contribution in [0.25, 0.3) is 0 Å². The summed E-state index contributed by atoms with van der Waals surface area (Å²) in [5.41, 5.74) is 6.35. The minimum Gasteiger partial charge on any atom is -0.490 e. The van der Waals surface area contributed by atoms with Gasteiger partial charge in [0.25, 0.3) is 0 Å². The molecule has 0 radical (unpaired) electrons.